The molecule has 2 fully saturated rings. The molecule has 3 heterocycles. The van der Waals surface area contributed by atoms with Gasteiger partial charge in [-0.15, -0.1) is 11.3 Å². The van der Waals surface area contributed by atoms with Gasteiger partial charge in [0.25, 0.3) is 5.91 Å². The molecule has 21 heavy (non-hydrogen) atoms. The van der Waals surface area contributed by atoms with E-state index in [9.17, 15) is 9.59 Å². The van der Waals surface area contributed by atoms with Gasteiger partial charge in [0.05, 0.1) is 35.1 Å². The first-order valence-electron chi connectivity index (χ1n) is 7.38. The molecule has 1 N–H and O–H groups in total. The van der Waals surface area contributed by atoms with Gasteiger partial charge in [0.1, 0.15) is 0 Å². The maximum atomic E-state index is 12.3. The van der Waals surface area contributed by atoms with E-state index in [4.69, 9.17) is 4.74 Å². The number of thiophene rings is 1. The number of amides is 1. The number of hydrogen-bond donors (Lipinski definition) is 1. The van der Waals surface area contributed by atoms with Crippen molar-refractivity contribution in [3.63, 3.8) is 0 Å². The molecule has 0 radical (unpaired) electrons. The van der Waals surface area contributed by atoms with Crippen molar-refractivity contribution >= 4 is 23.0 Å². The van der Waals surface area contributed by atoms with Crippen molar-refractivity contribution in [1.29, 1.82) is 0 Å². The van der Waals surface area contributed by atoms with E-state index in [1.165, 1.54) is 31.1 Å². The van der Waals surface area contributed by atoms with E-state index >= 15 is 0 Å². The highest BCUT2D eigenvalue weighted by Gasteiger charge is 2.35. The second-order valence-electron chi connectivity index (χ2n) is 5.65. The number of ether oxygens (including phenoxy) is 1. The monoisotopic (exact) mass is 308 g/mol. The van der Waals surface area contributed by atoms with Crippen LogP contribution in [0.1, 0.15) is 39.1 Å². The van der Waals surface area contributed by atoms with Crippen LogP contribution in [0.5, 0.6) is 0 Å². The minimum atomic E-state index is -0.104. The number of nitrogens with zero attached hydrogens (tertiary/aromatic N) is 1. The largest absolute Gasteiger partial charge is 0.378 e. The van der Waals surface area contributed by atoms with Crippen molar-refractivity contribution in [1.82, 2.24) is 10.2 Å². The lowest BCUT2D eigenvalue weighted by Crippen LogP contribution is -2.50. The number of hydrogen-bond acceptors (Lipinski definition) is 5. The molecule has 0 saturated carbocycles. The van der Waals surface area contributed by atoms with Gasteiger partial charge in [-0.2, -0.15) is 0 Å². The Kier molecular flexibility index (Phi) is 4.37. The Balaban J connectivity index is 1.64. The van der Waals surface area contributed by atoms with Crippen LogP contribution in [-0.2, 0) is 4.74 Å². The minimum absolute atomic E-state index is 0.00167. The van der Waals surface area contributed by atoms with Crippen LogP contribution in [0, 0.1) is 0 Å². The summed E-state index contributed by atoms with van der Waals surface area (Å²) in [5, 5.41) is 3.07. The third kappa shape index (κ3) is 3.17. The van der Waals surface area contributed by atoms with Gasteiger partial charge in [0.15, 0.2) is 5.78 Å². The van der Waals surface area contributed by atoms with Crippen molar-refractivity contribution in [2.45, 2.75) is 31.8 Å². The molecular formula is C15H20N2O3S. The van der Waals surface area contributed by atoms with E-state index in [0.717, 1.165) is 13.1 Å². The van der Waals surface area contributed by atoms with Crippen molar-refractivity contribution in [2.75, 3.05) is 26.3 Å². The zero-order valence-electron chi connectivity index (χ0n) is 12.1. The van der Waals surface area contributed by atoms with Crippen molar-refractivity contribution in [3.8, 4) is 0 Å². The van der Waals surface area contributed by atoms with Gasteiger partial charge in [0, 0.05) is 0 Å². The second-order valence-corrected chi connectivity index (χ2v) is 6.73. The summed E-state index contributed by atoms with van der Waals surface area (Å²) < 4.78 is 5.56. The third-order valence-electron chi connectivity index (χ3n) is 4.15. The zero-order valence-corrected chi connectivity index (χ0v) is 12.9. The lowest BCUT2D eigenvalue weighted by atomic mass is 10.1. The summed E-state index contributed by atoms with van der Waals surface area (Å²) in [7, 11) is 0. The number of carbonyl (C=O) groups excluding carboxylic acids is 2. The Morgan fingerprint density at radius 1 is 1.24 bits per heavy atom. The van der Waals surface area contributed by atoms with E-state index in [2.05, 4.69) is 10.2 Å². The average molecular weight is 308 g/mol. The van der Waals surface area contributed by atoms with Gasteiger partial charge < -0.3 is 10.1 Å². The topological polar surface area (TPSA) is 58.6 Å². The molecule has 3 rings (SSSR count). The standard InChI is InChI=1S/C15H20N2O3S/c1-10(18)13-4-5-14(21-13)15(19)16-11-8-20-9-12(11)17-6-2-3-7-17/h4-5,11-12H,2-3,6-9H2,1H3,(H,16,19)/t11-,12-/m0/s1. The maximum Gasteiger partial charge on any atom is 0.261 e. The first-order valence-corrected chi connectivity index (χ1v) is 8.20. The molecule has 2 saturated heterocycles. The summed E-state index contributed by atoms with van der Waals surface area (Å²) in [4.78, 5) is 27.2. The number of carbonyl (C=O) groups is 2. The highest BCUT2D eigenvalue weighted by molar-refractivity contribution is 7.15. The molecule has 114 valence electrons. The molecule has 1 aromatic heterocycles. The molecule has 0 bridgehead atoms. The number of ketones is 1. The fourth-order valence-corrected chi connectivity index (χ4v) is 3.81. The van der Waals surface area contributed by atoms with Crippen LogP contribution in [0.4, 0.5) is 0 Å². The highest BCUT2D eigenvalue weighted by Crippen LogP contribution is 2.21. The summed E-state index contributed by atoms with van der Waals surface area (Å²) in [6.45, 7) is 4.95. The zero-order chi connectivity index (χ0) is 14.8. The smallest absolute Gasteiger partial charge is 0.261 e. The first kappa shape index (κ1) is 14.7. The van der Waals surface area contributed by atoms with Gasteiger partial charge >= 0.3 is 0 Å². The molecular weight excluding hydrogens is 288 g/mol. The van der Waals surface area contributed by atoms with Crippen LogP contribution in [0.3, 0.4) is 0 Å². The lowest BCUT2D eigenvalue weighted by Gasteiger charge is -2.27. The van der Waals surface area contributed by atoms with E-state index in [0.29, 0.717) is 23.0 Å². The molecule has 1 amide bonds. The summed E-state index contributed by atoms with van der Waals surface area (Å²) in [5.41, 5.74) is 0. The van der Waals surface area contributed by atoms with Crippen molar-refractivity contribution < 1.29 is 14.3 Å². The molecule has 0 aliphatic carbocycles. The van der Waals surface area contributed by atoms with E-state index in [1.807, 2.05) is 0 Å². The Labute approximate surface area is 128 Å². The second kappa shape index (κ2) is 6.25. The molecule has 2 aliphatic rings. The minimum Gasteiger partial charge on any atom is -0.378 e. The van der Waals surface area contributed by atoms with Crippen LogP contribution in [0.25, 0.3) is 0 Å². The van der Waals surface area contributed by atoms with Gasteiger partial charge in [-0.3, -0.25) is 14.5 Å². The fourth-order valence-electron chi connectivity index (χ4n) is 3.00. The predicted molar refractivity (Wildman–Crippen MR) is 81.0 cm³/mol. The summed E-state index contributed by atoms with van der Waals surface area (Å²) in [5.74, 6) is -0.106. The van der Waals surface area contributed by atoms with Gasteiger partial charge in [-0.1, -0.05) is 0 Å². The molecule has 0 spiro atoms. The molecule has 5 nitrogen and oxygen atoms in total. The normalized spacial score (nSPS) is 26.1. The molecule has 0 unspecified atom stereocenters. The molecule has 0 aromatic carbocycles. The SMILES string of the molecule is CC(=O)c1ccc(C(=O)N[C@H]2COC[C@@H]2N2CCCC2)s1. The van der Waals surface area contributed by atoms with Crippen LogP contribution < -0.4 is 5.32 Å². The maximum absolute atomic E-state index is 12.3. The lowest BCUT2D eigenvalue weighted by molar-refractivity contribution is 0.0920. The summed E-state index contributed by atoms with van der Waals surface area (Å²) >= 11 is 1.25. The number of rotatable bonds is 4. The molecule has 6 heteroatoms. The summed E-state index contributed by atoms with van der Waals surface area (Å²) in [6, 6.07) is 3.75. The van der Waals surface area contributed by atoms with Gasteiger partial charge in [-0.05, 0) is 45.0 Å². The van der Waals surface area contributed by atoms with Crippen LogP contribution in [0.15, 0.2) is 12.1 Å². The van der Waals surface area contributed by atoms with Gasteiger partial charge in [-0.25, -0.2) is 0 Å². The third-order valence-corrected chi connectivity index (χ3v) is 5.34. The number of Topliss-reactive ketones (excluding diaryl/α,β-unsaturated/α-hetero) is 1. The van der Waals surface area contributed by atoms with E-state index in [1.54, 1.807) is 12.1 Å². The Morgan fingerprint density at radius 2 is 1.95 bits per heavy atom. The van der Waals surface area contributed by atoms with Crippen LogP contribution in [-0.4, -0.2) is 55.0 Å². The Morgan fingerprint density at radius 3 is 2.62 bits per heavy atom. The summed E-state index contributed by atoms with van der Waals surface area (Å²) in [6.07, 6.45) is 2.45. The highest BCUT2D eigenvalue weighted by atomic mass is 32.1. The fraction of sp³-hybridized carbons (Fsp3) is 0.600. The predicted octanol–water partition coefficient (Wildman–Crippen LogP) is 1.54. The van der Waals surface area contributed by atoms with Gasteiger partial charge in [0.2, 0.25) is 0 Å². The number of nitrogens with one attached hydrogen (secondary N) is 1. The van der Waals surface area contributed by atoms with E-state index < -0.39 is 0 Å². The van der Waals surface area contributed by atoms with Crippen LogP contribution >= 0.6 is 11.3 Å². The molecule has 1 aromatic rings. The average Bonchev–Trinajstić information content (AvgIpc) is 3.19. The van der Waals surface area contributed by atoms with Crippen molar-refractivity contribution in [3.05, 3.63) is 21.9 Å². The quantitative estimate of drug-likeness (QED) is 0.857. The van der Waals surface area contributed by atoms with E-state index in [-0.39, 0.29) is 23.8 Å². The van der Waals surface area contributed by atoms with Crippen LogP contribution in [0.2, 0.25) is 0 Å². The molecule has 2 atom stereocenters. The Bertz CT molecular complexity index is 537. The van der Waals surface area contributed by atoms with Crippen molar-refractivity contribution in [2.24, 2.45) is 0 Å². The number of likely N-dealkylation sites (tertiary alicyclic amines) is 1. The Hall–Kier alpha value is -1.24. The molecule has 2 aliphatic heterocycles. The first-order chi connectivity index (χ1) is 10.1.